The number of hydrogen-bond acceptors (Lipinski definition) is 5. The van der Waals surface area contributed by atoms with Gasteiger partial charge in [0.2, 0.25) is 5.91 Å². The molecule has 0 spiro atoms. The second-order valence-electron chi connectivity index (χ2n) is 5.57. The normalized spacial score (nSPS) is 17.8. The summed E-state index contributed by atoms with van der Waals surface area (Å²) in [6.07, 6.45) is 5.30. The third-order valence-corrected chi connectivity index (χ3v) is 4.15. The Bertz CT molecular complexity index is 649. The van der Waals surface area contributed by atoms with Crippen LogP contribution < -0.4 is 10.2 Å². The lowest BCUT2D eigenvalue weighted by atomic mass is 9.97. The van der Waals surface area contributed by atoms with Gasteiger partial charge in [-0.15, -0.1) is 10.2 Å². The summed E-state index contributed by atoms with van der Waals surface area (Å²) < 4.78 is 0. The van der Waals surface area contributed by atoms with Crippen LogP contribution in [-0.2, 0) is 11.3 Å². The van der Waals surface area contributed by atoms with Crippen molar-refractivity contribution in [3.8, 4) is 0 Å². The second kappa shape index (κ2) is 7.37. The first-order chi connectivity index (χ1) is 11.2. The highest BCUT2D eigenvalue weighted by molar-refractivity contribution is 6.29. The van der Waals surface area contributed by atoms with Crippen LogP contribution >= 0.6 is 11.6 Å². The summed E-state index contributed by atoms with van der Waals surface area (Å²) >= 11 is 5.77. The predicted molar refractivity (Wildman–Crippen MR) is 88.1 cm³/mol. The number of pyridine rings is 1. The van der Waals surface area contributed by atoms with Gasteiger partial charge < -0.3 is 10.2 Å². The Balaban J connectivity index is 1.57. The Kier molecular flexibility index (Phi) is 5.02. The number of nitrogens with zero attached hydrogens (tertiary/aromatic N) is 4. The SMILES string of the molecule is O=C(NCc1ccncc1)[C@@H]1CCCN(c2ccc(Cl)nn2)C1. The van der Waals surface area contributed by atoms with Crippen LogP contribution in [0.15, 0.2) is 36.7 Å². The van der Waals surface area contributed by atoms with Gasteiger partial charge >= 0.3 is 0 Å². The average molecular weight is 332 g/mol. The zero-order chi connectivity index (χ0) is 16.1. The smallest absolute Gasteiger partial charge is 0.225 e. The van der Waals surface area contributed by atoms with Crippen LogP contribution in [0.5, 0.6) is 0 Å². The molecule has 1 amide bonds. The number of piperidine rings is 1. The molecule has 0 unspecified atom stereocenters. The van der Waals surface area contributed by atoms with Crippen LogP contribution in [0.3, 0.4) is 0 Å². The highest BCUT2D eigenvalue weighted by Crippen LogP contribution is 2.22. The number of halogens is 1. The molecule has 120 valence electrons. The molecule has 2 aromatic heterocycles. The highest BCUT2D eigenvalue weighted by Gasteiger charge is 2.26. The molecule has 0 aliphatic carbocycles. The summed E-state index contributed by atoms with van der Waals surface area (Å²) in [6.45, 7) is 2.06. The van der Waals surface area contributed by atoms with Gasteiger partial charge in [-0.1, -0.05) is 11.6 Å². The zero-order valence-electron chi connectivity index (χ0n) is 12.7. The molecule has 6 nitrogen and oxygen atoms in total. The van der Waals surface area contributed by atoms with Gasteiger partial charge in [0.15, 0.2) is 11.0 Å². The first-order valence-electron chi connectivity index (χ1n) is 7.63. The van der Waals surface area contributed by atoms with E-state index >= 15 is 0 Å². The predicted octanol–water partition coefficient (Wildman–Crippen LogP) is 2.06. The maximum atomic E-state index is 12.4. The summed E-state index contributed by atoms with van der Waals surface area (Å²) in [5.41, 5.74) is 1.05. The van der Waals surface area contributed by atoms with Crippen molar-refractivity contribution < 1.29 is 4.79 Å². The van der Waals surface area contributed by atoms with Crippen molar-refractivity contribution in [1.29, 1.82) is 0 Å². The van der Waals surface area contributed by atoms with Crippen LogP contribution in [0.25, 0.3) is 0 Å². The molecule has 0 bridgehead atoms. The van der Waals surface area contributed by atoms with Crippen LogP contribution in [0.2, 0.25) is 5.15 Å². The zero-order valence-corrected chi connectivity index (χ0v) is 13.4. The first-order valence-corrected chi connectivity index (χ1v) is 8.01. The Hall–Kier alpha value is -2.21. The van der Waals surface area contributed by atoms with Gasteiger partial charge in [0, 0.05) is 32.0 Å². The van der Waals surface area contributed by atoms with Crippen LogP contribution in [0.4, 0.5) is 5.82 Å². The monoisotopic (exact) mass is 331 g/mol. The summed E-state index contributed by atoms with van der Waals surface area (Å²) in [6, 6.07) is 7.36. The lowest BCUT2D eigenvalue weighted by Gasteiger charge is -2.32. The van der Waals surface area contributed by atoms with E-state index in [1.807, 2.05) is 18.2 Å². The van der Waals surface area contributed by atoms with Crippen molar-refractivity contribution in [2.45, 2.75) is 19.4 Å². The molecule has 1 fully saturated rings. The molecule has 1 saturated heterocycles. The van der Waals surface area contributed by atoms with Crippen molar-refractivity contribution in [2.75, 3.05) is 18.0 Å². The van der Waals surface area contributed by atoms with Gasteiger partial charge in [-0.2, -0.15) is 0 Å². The molecule has 1 atom stereocenters. The molecule has 1 N–H and O–H groups in total. The number of carbonyl (C=O) groups excluding carboxylic acids is 1. The quantitative estimate of drug-likeness (QED) is 0.928. The second-order valence-corrected chi connectivity index (χ2v) is 5.96. The van der Waals surface area contributed by atoms with Gasteiger partial charge in [0.25, 0.3) is 0 Å². The molecule has 7 heteroatoms. The highest BCUT2D eigenvalue weighted by atomic mass is 35.5. The summed E-state index contributed by atoms with van der Waals surface area (Å²) in [5, 5.41) is 11.3. The number of carbonyl (C=O) groups is 1. The molecule has 0 aromatic carbocycles. The minimum Gasteiger partial charge on any atom is -0.354 e. The van der Waals surface area contributed by atoms with E-state index < -0.39 is 0 Å². The van der Waals surface area contributed by atoms with Gasteiger partial charge in [-0.25, -0.2) is 0 Å². The van der Waals surface area contributed by atoms with Gasteiger partial charge in [-0.05, 0) is 42.7 Å². The summed E-state index contributed by atoms with van der Waals surface area (Å²) in [4.78, 5) is 18.4. The van der Waals surface area contributed by atoms with E-state index in [4.69, 9.17) is 11.6 Å². The molecule has 23 heavy (non-hydrogen) atoms. The van der Waals surface area contributed by atoms with Crippen molar-refractivity contribution in [3.63, 3.8) is 0 Å². The number of hydrogen-bond donors (Lipinski definition) is 1. The van der Waals surface area contributed by atoms with Crippen LogP contribution in [-0.4, -0.2) is 34.2 Å². The van der Waals surface area contributed by atoms with E-state index in [0.29, 0.717) is 18.2 Å². The largest absolute Gasteiger partial charge is 0.354 e. The molecule has 2 aromatic rings. The van der Waals surface area contributed by atoms with Crippen molar-refractivity contribution in [3.05, 3.63) is 47.4 Å². The molecule has 1 aliphatic rings. The third kappa shape index (κ3) is 4.16. The lowest BCUT2D eigenvalue weighted by molar-refractivity contribution is -0.125. The Labute approximate surface area is 139 Å². The van der Waals surface area contributed by atoms with Gasteiger partial charge in [0.1, 0.15) is 0 Å². The van der Waals surface area contributed by atoms with Crippen molar-refractivity contribution in [1.82, 2.24) is 20.5 Å². The summed E-state index contributed by atoms with van der Waals surface area (Å²) in [7, 11) is 0. The minimum atomic E-state index is -0.0388. The van der Waals surface area contributed by atoms with Crippen LogP contribution in [0.1, 0.15) is 18.4 Å². The van der Waals surface area contributed by atoms with E-state index in [1.54, 1.807) is 18.5 Å². The fourth-order valence-corrected chi connectivity index (χ4v) is 2.81. The lowest BCUT2D eigenvalue weighted by Crippen LogP contribution is -2.43. The third-order valence-electron chi connectivity index (χ3n) is 3.95. The molecule has 0 saturated carbocycles. The number of rotatable bonds is 4. The minimum absolute atomic E-state index is 0.0388. The molecule has 3 rings (SSSR count). The number of aromatic nitrogens is 3. The number of anilines is 1. The standard InChI is InChI=1S/C16H18ClN5O/c17-14-3-4-15(21-20-14)22-9-1-2-13(11-22)16(23)19-10-12-5-7-18-8-6-12/h3-8,13H,1-2,9-11H2,(H,19,23)/t13-/m1/s1. The number of amides is 1. The fraction of sp³-hybridized carbons (Fsp3) is 0.375. The molecule has 3 heterocycles. The molecule has 0 radical (unpaired) electrons. The Morgan fingerprint density at radius 1 is 1.26 bits per heavy atom. The number of nitrogens with one attached hydrogen (secondary N) is 1. The van der Waals surface area contributed by atoms with Gasteiger partial charge in [-0.3, -0.25) is 9.78 Å². The topological polar surface area (TPSA) is 71.0 Å². The van der Waals surface area contributed by atoms with E-state index in [0.717, 1.165) is 30.8 Å². The average Bonchev–Trinajstić information content (AvgIpc) is 2.61. The van der Waals surface area contributed by atoms with Crippen molar-refractivity contribution >= 4 is 23.3 Å². The van der Waals surface area contributed by atoms with Crippen LogP contribution in [0, 0.1) is 5.92 Å². The summed E-state index contributed by atoms with van der Waals surface area (Å²) in [5.74, 6) is 0.803. The van der Waals surface area contributed by atoms with E-state index in [-0.39, 0.29) is 11.8 Å². The van der Waals surface area contributed by atoms with Gasteiger partial charge in [0.05, 0.1) is 5.92 Å². The fourth-order valence-electron chi connectivity index (χ4n) is 2.71. The van der Waals surface area contributed by atoms with E-state index in [1.165, 1.54) is 0 Å². The van der Waals surface area contributed by atoms with Crippen molar-refractivity contribution in [2.24, 2.45) is 5.92 Å². The molecular weight excluding hydrogens is 314 g/mol. The first kappa shape index (κ1) is 15.7. The van der Waals surface area contributed by atoms with E-state index in [2.05, 4.69) is 25.4 Å². The maximum Gasteiger partial charge on any atom is 0.225 e. The Morgan fingerprint density at radius 3 is 2.83 bits per heavy atom. The molecular formula is C16H18ClN5O. The van der Waals surface area contributed by atoms with E-state index in [9.17, 15) is 4.79 Å². The Morgan fingerprint density at radius 2 is 2.09 bits per heavy atom. The maximum absolute atomic E-state index is 12.4. The molecule has 1 aliphatic heterocycles.